The van der Waals surface area contributed by atoms with Crippen molar-refractivity contribution < 1.29 is 81.0 Å². The molecule has 0 aliphatic heterocycles. The monoisotopic (exact) mass is 397 g/mol. The molecule has 8 heavy (non-hydrogen) atoms. The molecule has 0 atom stereocenters. The molecule has 0 bridgehead atoms. The molecule has 0 aliphatic carbocycles. The molecule has 0 aromatic heterocycles. The Morgan fingerprint density at radius 2 is 0.875 bits per heavy atom. The summed E-state index contributed by atoms with van der Waals surface area (Å²) < 4.78 is 0. The Labute approximate surface area is 108 Å². The van der Waals surface area contributed by atoms with Gasteiger partial charge in [0.25, 0.3) is 0 Å². The van der Waals surface area contributed by atoms with E-state index >= 15 is 0 Å². The van der Waals surface area contributed by atoms with Crippen LogP contribution in [-0.2, 0) is 26.2 Å². The zero-order valence-corrected chi connectivity index (χ0v) is 10.5. The largest absolute Gasteiger partial charge is 0 e. The van der Waals surface area contributed by atoms with Gasteiger partial charge in [-0.05, 0) is 0 Å². The first-order valence-corrected chi connectivity index (χ1v) is 2.68. The summed E-state index contributed by atoms with van der Waals surface area (Å²) in [4.78, 5) is 29.3. The van der Waals surface area contributed by atoms with Crippen molar-refractivity contribution in [2.45, 2.75) is 0 Å². The maximum atomic E-state index is 7.33. The van der Waals surface area contributed by atoms with Gasteiger partial charge >= 0.3 is 28.8 Å². The predicted octanol–water partition coefficient (Wildman–Crippen LogP) is -3.80. The fourth-order valence-corrected chi connectivity index (χ4v) is 0. The van der Waals surface area contributed by atoms with Crippen LogP contribution in [0.2, 0.25) is 0 Å². The minimum atomic E-state index is -4.61. The van der Waals surface area contributed by atoms with Crippen molar-refractivity contribution in [1.82, 2.24) is 0 Å². The molecule has 0 rings (SSSR count). The molecule has 4 N–H and O–H groups in total. The molecular formula is H7GaLaO4SiZr. The van der Waals surface area contributed by atoms with Gasteiger partial charge in [0.2, 0.25) is 0 Å². The summed E-state index contributed by atoms with van der Waals surface area (Å²) in [5.41, 5.74) is 0. The van der Waals surface area contributed by atoms with Gasteiger partial charge in [-0.25, -0.2) is 0 Å². The van der Waals surface area contributed by atoms with Crippen molar-refractivity contribution in [3.8, 4) is 0 Å². The predicted molar refractivity (Wildman–Crippen MR) is 24.6 cm³/mol. The third-order valence-electron chi connectivity index (χ3n) is 0. The van der Waals surface area contributed by atoms with E-state index < -0.39 is 9.05 Å². The molecule has 45 valence electrons. The molecule has 8 heteroatoms. The molecule has 0 heterocycles. The molecule has 0 aliphatic rings. The van der Waals surface area contributed by atoms with E-state index in [2.05, 4.69) is 0 Å². The molecule has 0 saturated heterocycles. The molecule has 0 saturated carbocycles. The topological polar surface area (TPSA) is 80.9 Å². The second-order valence-corrected chi connectivity index (χ2v) is 1.80. The molecule has 0 fully saturated rings. The Hall–Kier alpha value is 2.77. The Morgan fingerprint density at radius 3 is 0.875 bits per heavy atom. The maximum absolute atomic E-state index is 7.33. The Balaban J connectivity index is -0.0000000267. The van der Waals surface area contributed by atoms with Crippen LogP contribution < -0.4 is 0 Å². The normalized spacial score (nSPS) is 7.50. The molecule has 0 spiro atoms. The fraction of sp³-hybridized carbons (Fsp3) is 0. The van der Waals surface area contributed by atoms with Crippen LogP contribution in [0.5, 0.6) is 0 Å². The van der Waals surface area contributed by atoms with Gasteiger partial charge in [0, 0.05) is 61.8 Å². The maximum Gasteiger partial charge on any atom is 0 e. The second-order valence-electron chi connectivity index (χ2n) is 0.600. The molecule has 1 radical (unpaired) electrons. The first-order valence-electron chi connectivity index (χ1n) is 0.894. The number of hydrogen-bond donors (Lipinski definition) is 4. The summed E-state index contributed by atoms with van der Waals surface area (Å²) in [6, 6.07) is 0. The van der Waals surface area contributed by atoms with Crippen molar-refractivity contribution in [3.63, 3.8) is 0 Å². The summed E-state index contributed by atoms with van der Waals surface area (Å²) in [6.07, 6.45) is 0. The Bertz CT molecular complexity index is 31.5. The van der Waals surface area contributed by atoms with Crippen LogP contribution in [0.4, 0.5) is 0 Å². The molecule has 0 aromatic carbocycles. The van der Waals surface area contributed by atoms with E-state index in [4.69, 9.17) is 19.2 Å². The average Bonchev–Trinajstić information content (AvgIpc) is 0.722. The zero-order valence-electron chi connectivity index (χ0n) is 3.37. The van der Waals surface area contributed by atoms with Crippen molar-refractivity contribution in [2.24, 2.45) is 0 Å². The zero-order chi connectivity index (χ0) is 4.50. The van der Waals surface area contributed by atoms with Gasteiger partial charge in [-0.2, -0.15) is 0 Å². The first kappa shape index (κ1) is 22.4. The van der Waals surface area contributed by atoms with Crippen LogP contribution in [-0.4, -0.2) is 48.0 Å². The van der Waals surface area contributed by atoms with E-state index in [1.165, 1.54) is 0 Å². The van der Waals surface area contributed by atoms with E-state index in [0.29, 0.717) is 0 Å². The standard InChI is InChI=1S/Ga.La.H4O4Si.Zr.3H/c;;1-5(2,3)4;;;;/h;;1-4H;;;;. The van der Waals surface area contributed by atoms with Crippen LogP contribution in [0.1, 0.15) is 0 Å². The summed E-state index contributed by atoms with van der Waals surface area (Å²) in [5, 5.41) is 0. The molecule has 4 nitrogen and oxygen atoms in total. The first-order chi connectivity index (χ1) is 2.00. The van der Waals surface area contributed by atoms with E-state index in [1.807, 2.05) is 0 Å². The summed E-state index contributed by atoms with van der Waals surface area (Å²) in [5.74, 6) is 0. The molecular weight excluding hydrogens is 392 g/mol. The van der Waals surface area contributed by atoms with Crippen molar-refractivity contribution in [1.29, 1.82) is 0 Å². The van der Waals surface area contributed by atoms with E-state index in [-0.39, 0.29) is 81.6 Å². The smallest absolute Gasteiger partial charge is 0 e. The van der Waals surface area contributed by atoms with Gasteiger partial charge in [0.15, 0.2) is 0 Å². The van der Waals surface area contributed by atoms with Gasteiger partial charge in [0.05, 0.1) is 0 Å². The van der Waals surface area contributed by atoms with Gasteiger partial charge in [-0.1, -0.05) is 0 Å². The molecule has 0 amide bonds. The number of rotatable bonds is 0. The van der Waals surface area contributed by atoms with E-state index in [0.717, 1.165) is 0 Å². The van der Waals surface area contributed by atoms with Crippen LogP contribution in [0.3, 0.4) is 0 Å². The van der Waals surface area contributed by atoms with E-state index in [9.17, 15) is 0 Å². The van der Waals surface area contributed by atoms with Crippen LogP contribution in [0, 0.1) is 35.6 Å². The van der Waals surface area contributed by atoms with Crippen molar-refractivity contribution >= 4 is 28.8 Å². The minimum Gasteiger partial charge on any atom is 0 e. The summed E-state index contributed by atoms with van der Waals surface area (Å²) in [6.45, 7) is 0. The third kappa shape index (κ3) is 69.0. The Kier molecular flexibility index (Phi) is 27.4. The quantitative estimate of drug-likeness (QED) is 0.316. The summed E-state index contributed by atoms with van der Waals surface area (Å²) in [7, 11) is -4.61. The fourth-order valence-electron chi connectivity index (χ4n) is 0. The van der Waals surface area contributed by atoms with Gasteiger partial charge in [-0.3, -0.25) is 0 Å². The van der Waals surface area contributed by atoms with Gasteiger partial charge in [0.1, 0.15) is 0 Å². The summed E-state index contributed by atoms with van der Waals surface area (Å²) >= 11 is 0. The SMILES string of the molecule is O[Si](O)(O)O.[GaH3].[La].[Zr]. The van der Waals surface area contributed by atoms with E-state index in [1.54, 1.807) is 0 Å². The van der Waals surface area contributed by atoms with Crippen LogP contribution in [0.15, 0.2) is 0 Å². The van der Waals surface area contributed by atoms with Crippen molar-refractivity contribution in [3.05, 3.63) is 0 Å². The van der Waals surface area contributed by atoms with Crippen LogP contribution in [0.25, 0.3) is 0 Å². The number of hydrogen-bond acceptors (Lipinski definition) is 4. The molecule has 0 unspecified atom stereocenters. The molecule has 0 aromatic rings. The minimum absolute atomic E-state index is 0. The third-order valence-corrected chi connectivity index (χ3v) is 0. The van der Waals surface area contributed by atoms with Crippen LogP contribution >= 0.6 is 0 Å². The Morgan fingerprint density at radius 1 is 0.875 bits per heavy atom. The van der Waals surface area contributed by atoms with Crippen molar-refractivity contribution in [2.75, 3.05) is 0 Å². The average molecular weight is 399 g/mol. The van der Waals surface area contributed by atoms with Gasteiger partial charge < -0.3 is 19.2 Å². The van der Waals surface area contributed by atoms with Gasteiger partial charge in [-0.15, -0.1) is 0 Å². The second kappa shape index (κ2) is 9.77.